The Morgan fingerprint density at radius 3 is 2.69 bits per heavy atom. The molecule has 13 heavy (non-hydrogen) atoms. The predicted molar refractivity (Wildman–Crippen MR) is 43.4 cm³/mol. The summed E-state index contributed by atoms with van der Waals surface area (Å²) in [7, 11) is 0. The number of benzene rings is 1. The largest absolute Gasteiger partial charge is 0.465 e. The van der Waals surface area contributed by atoms with E-state index in [0.29, 0.717) is 6.29 Å². The van der Waals surface area contributed by atoms with Gasteiger partial charge in [-0.3, -0.25) is 10.1 Å². The second kappa shape index (κ2) is 3.66. The number of carboxylic acid groups (broad SMARTS) is 1. The van der Waals surface area contributed by atoms with E-state index in [4.69, 9.17) is 5.11 Å². The molecule has 68 valence electrons. The quantitative estimate of drug-likeness (QED) is 0.686. The molecule has 0 aliphatic carbocycles. The molecule has 0 radical (unpaired) electrons. The van der Waals surface area contributed by atoms with Gasteiger partial charge in [-0.25, -0.2) is 9.18 Å². The van der Waals surface area contributed by atoms with E-state index in [-0.39, 0.29) is 11.3 Å². The smallest absolute Gasteiger partial charge is 0.409 e. The third-order valence-corrected chi connectivity index (χ3v) is 1.37. The molecule has 0 unspecified atom stereocenters. The lowest BCUT2D eigenvalue weighted by Gasteiger charge is -2.01. The fourth-order valence-electron chi connectivity index (χ4n) is 0.821. The van der Waals surface area contributed by atoms with Gasteiger partial charge in [0.15, 0.2) is 0 Å². The van der Waals surface area contributed by atoms with Gasteiger partial charge in [-0.2, -0.15) is 0 Å². The maximum absolute atomic E-state index is 12.9. The minimum absolute atomic E-state index is 0.161. The van der Waals surface area contributed by atoms with Crippen LogP contribution >= 0.6 is 0 Å². The molecule has 1 aromatic rings. The lowest BCUT2D eigenvalue weighted by molar-refractivity contribution is 0.112. The minimum Gasteiger partial charge on any atom is -0.465 e. The van der Waals surface area contributed by atoms with E-state index < -0.39 is 11.9 Å². The van der Waals surface area contributed by atoms with Crippen molar-refractivity contribution < 1.29 is 19.1 Å². The van der Waals surface area contributed by atoms with E-state index in [0.717, 1.165) is 6.07 Å². The van der Waals surface area contributed by atoms with Gasteiger partial charge in [0.25, 0.3) is 0 Å². The van der Waals surface area contributed by atoms with Gasteiger partial charge >= 0.3 is 6.09 Å². The average molecular weight is 183 g/mol. The second-order valence-corrected chi connectivity index (χ2v) is 2.29. The van der Waals surface area contributed by atoms with Gasteiger partial charge in [0.05, 0.1) is 5.69 Å². The highest BCUT2D eigenvalue weighted by molar-refractivity contribution is 5.84. The normalized spacial score (nSPS) is 9.31. The van der Waals surface area contributed by atoms with E-state index in [1.54, 1.807) is 0 Å². The first-order chi connectivity index (χ1) is 6.13. The molecule has 2 N–H and O–H groups in total. The lowest BCUT2D eigenvalue weighted by atomic mass is 10.2. The summed E-state index contributed by atoms with van der Waals surface area (Å²) in [4.78, 5) is 20.3. The molecule has 0 saturated carbocycles. The van der Waals surface area contributed by atoms with Gasteiger partial charge in [0.2, 0.25) is 0 Å². The Labute approximate surface area is 73.0 Å². The maximum Gasteiger partial charge on any atom is 0.409 e. The number of aldehydes is 1. The zero-order chi connectivity index (χ0) is 9.84. The summed E-state index contributed by atoms with van der Waals surface area (Å²) in [5, 5.41) is 10.1. The van der Waals surface area contributed by atoms with Crippen LogP contribution in [0.2, 0.25) is 0 Å². The van der Waals surface area contributed by atoms with Crippen molar-refractivity contribution in [2.45, 2.75) is 0 Å². The average Bonchev–Trinajstić information content (AvgIpc) is 2.08. The Morgan fingerprint density at radius 1 is 1.54 bits per heavy atom. The highest BCUT2D eigenvalue weighted by atomic mass is 19.1. The predicted octanol–water partition coefficient (Wildman–Crippen LogP) is 1.73. The monoisotopic (exact) mass is 183 g/mol. The number of amides is 1. The summed E-state index contributed by atoms with van der Waals surface area (Å²) in [6.07, 6.45) is -0.870. The molecule has 0 heterocycles. The van der Waals surface area contributed by atoms with Crippen LogP contribution in [-0.2, 0) is 0 Å². The molecular formula is C8H6FNO3. The molecule has 0 atom stereocenters. The highest BCUT2D eigenvalue weighted by Crippen LogP contribution is 2.14. The van der Waals surface area contributed by atoms with Crippen molar-refractivity contribution in [2.24, 2.45) is 0 Å². The molecule has 5 heteroatoms. The number of rotatable bonds is 2. The summed E-state index contributed by atoms with van der Waals surface area (Å²) in [5.74, 6) is -0.771. The molecule has 1 aromatic carbocycles. The van der Waals surface area contributed by atoms with E-state index in [2.05, 4.69) is 0 Å². The Hall–Kier alpha value is -1.91. The molecule has 1 rings (SSSR count). The van der Waals surface area contributed by atoms with Crippen LogP contribution in [-0.4, -0.2) is 17.5 Å². The number of hydrogen-bond donors (Lipinski definition) is 2. The van der Waals surface area contributed by atoms with Crippen LogP contribution in [0.1, 0.15) is 10.4 Å². The van der Waals surface area contributed by atoms with Gasteiger partial charge in [-0.1, -0.05) is 0 Å². The van der Waals surface area contributed by atoms with Crippen LogP contribution in [0.25, 0.3) is 0 Å². The van der Waals surface area contributed by atoms with Gasteiger partial charge in [-0.05, 0) is 18.2 Å². The lowest BCUT2D eigenvalue weighted by Crippen LogP contribution is -2.08. The second-order valence-electron chi connectivity index (χ2n) is 2.29. The van der Waals surface area contributed by atoms with Crippen LogP contribution in [0.15, 0.2) is 18.2 Å². The summed E-state index contributed by atoms with van der Waals surface area (Å²) >= 11 is 0. The molecule has 0 spiro atoms. The molecular weight excluding hydrogens is 177 g/mol. The van der Waals surface area contributed by atoms with Crippen molar-refractivity contribution in [1.29, 1.82) is 0 Å². The Balaban J connectivity index is 2.98. The van der Waals surface area contributed by atoms with Crippen molar-refractivity contribution in [3.63, 3.8) is 0 Å². The van der Waals surface area contributed by atoms with Crippen molar-refractivity contribution >= 4 is 18.1 Å². The fraction of sp³-hybridized carbons (Fsp3) is 0. The number of hydrogen-bond acceptors (Lipinski definition) is 2. The number of carbonyl (C=O) groups excluding carboxylic acids is 1. The number of nitrogens with one attached hydrogen (secondary N) is 1. The van der Waals surface area contributed by atoms with Crippen molar-refractivity contribution in [2.75, 3.05) is 5.32 Å². The fourth-order valence-corrected chi connectivity index (χ4v) is 0.821. The number of halogens is 1. The van der Waals surface area contributed by atoms with Crippen molar-refractivity contribution in [3.8, 4) is 0 Å². The van der Waals surface area contributed by atoms with E-state index >= 15 is 0 Å². The van der Waals surface area contributed by atoms with Crippen molar-refractivity contribution in [1.82, 2.24) is 0 Å². The SMILES string of the molecule is O=Cc1ccc(NC(=O)O)c(F)c1. The zero-order valence-corrected chi connectivity index (χ0v) is 6.45. The molecule has 0 aromatic heterocycles. The zero-order valence-electron chi connectivity index (χ0n) is 6.45. The van der Waals surface area contributed by atoms with Gasteiger partial charge in [-0.15, -0.1) is 0 Å². The third kappa shape index (κ3) is 2.26. The maximum atomic E-state index is 12.9. The van der Waals surface area contributed by atoms with Gasteiger partial charge in [0.1, 0.15) is 12.1 Å². The molecule has 4 nitrogen and oxygen atoms in total. The summed E-state index contributed by atoms with van der Waals surface area (Å²) in [5.41, 5.74) is -0.00783. The Morgan fingerprint density at radius 2 is 2.23 bits per heavy atom. The van der Waals surface area contributed by atoms with Gasteiger partial charge < -0.3 is 5.11 Å². The van der Waals surface area contributed by atoms with E-state index in [1.165, 1.54) is 12.1 Å². The van der Waals surface area contributed by atoms with E-state index in [9.17, 15) is 14.0 Å². The molecule has 0 fully saturated rings. The van der Waals surface area contributed by atoms with Crippen molar-refractivity contribution in [3.05, 3.63) is 29.6 Å². The summed E-state index contributed by atoms with van der Waals surface area (Å²) < 4.78 is 12.9. The molecule has 0 aliphatic heterocycles. The first-order valence-corrected chi connectivity index (χ1v) is 3.38. The molecule has 0 saturated heterocycles. The molecule has 0 aliphatic rings. The number of carbonyl (C=O) groups is 2. The number of anilines is 1. The van der Waals surface area contributed by atoms with Crippen LogP contribution < -0.4 is 5.32 Å². The first kappa shape index (κ1) is 9.18. The Bertz CT molecular complexity index is 351. The summed E-state index contributed by atoms with van der Waals surface area (Å²) in [6, 6.07) is 3.47. The third-order valence-electron chi connectivity index (χ3n) is 1.37. The molecule has 0 bridgehead atoms. The minimum atomic E-state index is -1.35. The van der Waals surface area contributed by atoms with E-state index in [1.807, 2.05) is 5.32 Å². The van der Waals surface area contributed by atoms with Crippen LogP contribution in [0.3, 0.4) is 0 Å². The standard InChI is InChI=1S/C8H6FNO3/c9-6-3-5(4-11)1-2-7(6)10-8(12)13/h1-4,10H,(H,12,13). The molecule has 1 amide bonds. The Kier molecular flexibility index (Phi) is 2.59. The first-order valence-electron chi connectivity index (χ1n) is 3.38. The van der Waals surface area contributed by atoms with Crippen LogP contribution in [0.4, 0.5) is 14.9 Å². The van der Waals surface area contributed by atoms with Crippen LogP contribution in [0, 0.1) is 5.82 Å². The summed E-state index contributed by atoms with van der Waals surface area (Å²) in [6.45, 7) is 0. The topological polar surface area (TPSA) is 66.4 Å². The highest BCUT2D eigenvalue weighted by Gasteiger charge is 2.05. The van der Waals surface area contributed by atoms with Gasteiger partial charge in [0, 0.05) is 5.56 Å². The van der Waals surface area contributed by atoms with Crippen LogP contribution in [0.5, 0.6) is 0 Å².